The molecule has 21 heavy (non-hydrogen) atoms. The molecule has 0 aliphatic rings. The van der Waals surface area contributed by atoms with E-state index in [9.17, 15) is 4.79 Å². The zero-order valence-electron chi connectivity index (χ0n) is 12.8. The van der Waals surface area contributed by atoms with E-state index in [4.69, 9.17) is 0 Å². The largest absolute Gasteiger partial charge is 0.341 e. The van der Waals surface area contributed by atoms with Crippen molar-refractivity contribution in [2.24, 2.45) is 0 Å². The third-order valence-corrected chi connectivity index (χ3v) is 3.05. The molecule has 1 aromatic carbocycles. The van der Waals surface area contributed by atoms with Crippen molar-refractivity contribution < 1.29 is 4.79 Å². The van der Waals surface area contributed by atoms with Gasteiger partial charge < -0.3 is 15.6 Å². The quantitative estimate of drug-likeness (QED) is 0.584. The van der Waals surface area contributed by atoms with Gasteiger partial charge in [-0.2, -0.15) is 0 Å². The molecule has 1 heterocycles. The Morgan fingerprint density at radius 1 is 1.43 bits per heavy atom. The number of anilines is 1. The van der Waals surface area contributed by atoms with E-state index in [-0.39, 0.29) is 17.9 Å². The van der Waals surface area contributed by atoms with Crippen molar-refractivity contribution in [3.63, 3.8) is 0 Å². The van der Waals surface area contributed by atoms with Crippen molar-refractivity contribution in [1.82, 2.24) is 15.3 Å². The van der Waals surface area contributed by atoms with Gasteiger partial charge in [-0.25, -0.2) is 4.98 Å². The molecule has 0 radical (unpaired) electrons. The molecule has 2 rings (SSSR count). The standard InChI is InChI=1S/C16H22N4O/c1-5-8-17-10-14(21)18-11-6-7-12-13(9-11)20-15(19-12)16(2,3)4/h5-7,9,17H,1,8,10H2,2-4H3,(H,18,21)(H,19,20). The Kier molecular flexibility index (Phi) is 4.43. The third kappa shape index (κ3) is 3.92. The first-order valence-electron chi connectivity index (χ1n) is 7.02. The minimum Gasteiger partial charge on any atom is -0.341 e. The number of fused-ring (bicyclic) bond motifs is 1. The van der Waals surface area contributed by atoms with E-state index in [2.05, 4.69) is 48.0 Å². The molecule has 0 atom stereocenters. The minimum absolute atomic E-state index is 0.0307. The molecule has 0 saturated carbocycles. The van der Waals surface area contributed by atoms with E-state index in [0.29, 0.717) is 6.54 Å². The molecular weight excluding hydrogens is 264 g/mol. The van der Waals surface area contributed by atoms with Crippen molar-refractivity contribution in [2.75, 3.05) is 18.4 Å². The molecule has 112 valence electrons. The fraction of sp³-hybridized carbons (Fsp3) is 0.375. The lowest BCUT2D eigenvalue weighted by molar-refractivity contribution is -0.115. The van der Waals surface area contributed by atoms with Crippen molar-refractivity contribution in [3.05, 3.63) is 36.7 Å². The number of imidazole rings is 1. The number of carbonyl (C=O) groups excluding carboxylic acids is 1. The smallest absolute Gasteiger partial charge is 0.238 e. The number of nitrogens with one attached hydrogen (secondary N) is 3. The molecule has 0 bridgehead atoms. The fourth-order valence-electron chi connectivity index (χ4n) is 1.94. The summed E-state index contributed by atoms with van der Waals surface area (Å²) in [6, 6.07) is 5.68. The maximum atomic E-state index is 11.8. The molecule has 0 saturated heterocycles. The van der Waals surface area contributed by atoms with Gasteiger partial charge in [0.1, 0.15) is 5.82 Å². The zero-order chi connectivity index (χ0) is 15.5. The first kappa shape index (κ1) is 15.3. The number of rotatable bonds is 5. The molecule has 5 heteroatoms. The molecule has 0 unspecified atom stereocenters. The van der Waals surface area contributed by atoms with Gasteiger partial charge in [0.25, 0.3) is 0 Å². The Morgan fingerprint density at radius 2 is 2.19 bits per heavy atom. The number of amides is 1. The summed E-state index contributed by atoms with van der Waals surface area (Å²) in [5, 5.41) is 5.82. The normalized spacial score (nSPS) is 11.6. The second-order valence-corrected chi connectivity index (χ2v) is 6.04. The zero-order valence-corrected chi connectivity index (χ0v) is 12.8. The van der Waals surface area contributed by atoms with Gasteiger partial charge in [-0.15, -0.1) is 6.58 Å². The van der Waals surface area contributed by atoms with E-state index < -0.39 is 0 Å². The molecule has 0 spiro atoms. The number of carbonyl (C=O) groups is 1. The maximum absolute atomic E-state index is 11.8. The monoisotopic (exact) mass is 286 g/mol. The Balaban J connectivity index is 2.11. The molecule has 0 aliphatic carbocycles. The van der Waals surface area contributed by atoms with E-state index in [1.807, 2.05) is 18.2 Å². The summed E-state index contributed by atoms with van der Waals surface area (Å²) in [4.78, 5) is 19.6. The topological polar surface area (TPSA) is 69.8 Å². The van der Waals surface area contributed by atoms with Crippen LogP contribution in [-0.2, 0) is 10.2 Å². The average Bonchev–Trinajstić information content (AvgIpc) is 2.82. The van der Waals surface area contributed by atoms with E-state index in [1.165, 1.54) is 0 Å². The summed E-state index contributed by atoms with van der Waals surface area (Å²) in [7, 11) is 0. The van der Waals surface area contributed by atoms with Gasteiger partial charge >= 0.3 is 0 Å². The van der Waals surface area contributed by atoms with Gasteiger partial charge in [0, 0.05) is 17.6 Å². The van der Waals surface area contributed by atoms with Crippen molar-refractivity contribution in [3.8, 4) is 0 Å². The Bertz CT molecular complexity index is 652. The first-order valence-corrected chi connectivity index (χ1v) is 7.02. The van der Waals surface area contributed by atoms with Crippen molar-refractivity contribution >= 4 is 22.6 Å². The van der Waals surface area contributed by atoms with Crippen LogP contribution < -0.4 is 10.6 Å². The predicted octanol–water partition coefficient (Wildman–Crippen LogP) is 2.57. The summed E-state index contributed by atoms with van der Waals surface area (Å²) in [6.45, 7) is 10.8. The lowest BCUT2D eigenvalue weighted by atomic mass is 9.96. The highest BCUT2D eigenvalue weighted by Crippen LogP contribution is 2.24. The fourth-order valence-corrected chi connectivity index (χ4v) is 1.94. The van der Waals surface area contributed by atoms with Crippen LogP contribution in [-0.4, -0.2) is 29.0 Å². The maximum Gasteiger partial charge on any atom is 0.238 e. The Hall–Kier alpha value is -2.14. The van der Waals surface area contributed by atoms with Crippen LogP contribution in [0.3, 0.4) is 0 Å². The number of benzene rings is 1. The Morgan fingerprint density at radius 3 is 2.86 bits per heavy atom. The van der Waals surface area contributed by atoms with Gasteiger partial charge in [-0.05, 0) is 18.2 Å². The molecule has 1 aromatic heterocycles. The van der Waals surface area contributed by atoms with E-state index in [0.717, 1.165) is 22.5 Å². The third-order valence-electron chi connectivity index (χ3n) is 3.05. The number of hydrogen-bond acceptors (Lipinski definition) is 3. The lowest BCUT2D eigenvalue weighted by Crippen LogP contribution is -2.28. The van der Waals surface area contributed by atoms with Crippen LogP contribution in [0.4, 0.5) is 5.69 Å². The van der Waals surface area contributed by atoms with Gasteiger partial charge in [0.15, 0.2) is 0 Å². The number of H-pyrrole nitrogens is 1. The van der Waals surface area contributed by atoms with Crippen LogP contribution in [0.15, 0.2) is 30.9 Å². The summed E-state index contributed by atoms with van der Waals surface area (Å²) >= 11 is 0. The average molecular weight is 286 g/mol. The lowest BCUT2D eigenvalue weighted by Gasteiger charge is -2.13. The van der Waals surface area contributed by atoms with Gasteiger partial charge in [-0.3, -0.25) is 4.79 Å². The SMILES string of the molecule is C=CCNCC(=O)Nc1ccc2nc(C(C)(C)C)[nH]c2c1. The second-order valence-electron chi connectivity index (χ2n) is 6.04. The first-order chi connectivity index (χ1) is 9.90. The van der Waals surface area contributed by atoms with Gasteiger partial charge in [-0.1, -0.05) is 26.8 Å². The van der Waals surface area contributed by atoms with Gasteiger partial charge in [0.2, 0.25) is 5.91 Å². The molecular formula is C16H22N4O. The summed E-state index contributed by atoms with van der Waals surface area (Å²) in [5.41, 5.74) is 2.56. The molecule has 0 fully saturated rings. The van der Waals surface area contributed by atoms with Crippen LogP contribution in [0, 0.1) is 0 Å². The van der Waals surface area contributed by atoms with Crippen LogP contribution in [0.25, 0.3) is 11.0 Å². The molecule has 5 nitrogen and oxygen atoms in total. The molecule has 3 N–H and O–H groups in total. The Labute approximate surface area is 124 Å². The number of nitrogens with zero attached hydrogens (tertiary/aromatic N) is 1. The van der Waals surface area contributed by atoms with Crippen LogP contribution in [0.5, 0.6) is 0 Å². The predicted molar refractivity (Wildman–Crippen MR) is 86.5 cm³/mol. The summed E-state index contributed by atoms with van der Waals surface area (Å²) in [6.07, 6.45) is 1.72. The summed E-state index contributed by atoms with van der Waals surface area (Å²) in [5.74, 6) is 0.861. The highest BCUT2D eigenvalue weighted by molar-refractivity contribution is 5.94. The number of aromatic amines is 1. The minimum atomic E-state index is -0.0771. The highest BCUT2D eigenvalue weighted by atomic mass is 16.1. The van der Waals surface area contributed by atoms with E-state index >= 15 is 0 Å². The van der Waals surface area contributed by atoms with Crippen molar-refractivity contribution in [1.29, 1.82) is 0 Å². The number of aromatic nitrogens is 2. The molecule has 1 amide bonds. The molecule has 0 aliphatic heterocycles. The molecule has 2 aromatic rings. The highest BCUT2D eigenvalue weighted by Gasteiger charge is 2.18. The van der Waals surface area contributed by atoms with Gasteiger partial charge in [0.05, 0.1) is 17.6 Å². The van der Waals surface area contributed by atoms with Crippen LogP contribution in [0.2, 0.25) is 0 Å². The van der Waals surface area contributed by atoms with E-state index in [1.54, 1.807) is 6.08 Å². The summed E-state index contributed by atoms with van der Waals surface area (Å²) < 4.78 is 0. The van der Waals surface area contributed by atoms with Crippen LogP contribution in [0.1, 0.15) is 26.6 Å². The number of hydrogen-bond donors (Lipinski definition) is 3. The van der Waals surface area contributed by atoms with Crippen molar-refractivity contribution in [2.45, 2.75) is 26.2 Å². The second kappa shape index (κ2) is 6.10. The van der Waals surface area contributed by atoms with Crippen LogP contribution >= 0.6 is 0 Å².